The summed E-state index contributed by atoms with van der Waals surface area (Å²) in [6.45, 7) is 4.17. The molecule has 1 atom stereocenters. The van der Waals surface area contributed by atoms with E-state index in [1.54, 1.807) is 6.07 Å². The molecular formula is C26H24F3N5O. The van der Waals surface area contributed by atoms with Crippen LogP contribution in [0, 0.1) is 12.8 Å². The average Bonchev–Trinajstić information content (AvgIpc) is 3.20. The number of hydrogen-bond donors (Lipinski definition) is 3. The fourth-order valence-corrected chi connectivity index (χ4v) is 4.75. The summed E-state index contributed by atoms with van der Waals surface area (Å²) < 4.78 is 39.2. The maximum absolute atomic E-state index is 13.1. The number of aromatic nitrogens is 3. The zero-order valence-corrected chi connectivity index (χ0v) is 19.3. The molecule has 0 saturated heterocycles. The van der Waals surface area contributed by atoms with E-state index in [-0.39, 0.29) is 5.56 Å². The van der Waals surface area contributed by atoms with Crippen LogP contribution in [0.15, 0.2) is 42.5 Å². The third-order valence-corrected chi connectivity index (χ3v) is 6.59. The van der Waals surface area contributed by atoms with Gasteiger partial charge in [0.05, 0.1) is 16.6 Å². The van der Waals surface area contributed by atoms with Gasteiger partial charge < -0.3 is 11.1 Å². The zero-order chi connectivity index (χ0) is 24.9. The number of nitrogens with two attached hydrogens (primary N) is 1. The molecule has 0 fully saturated rings. The van der Waals surface area contributed by atoms with E-state index in [1.165, 1.54) is 12.1 Å². The smallest absolute Gasteiger partial charge is 0.382 e. The lowest BCUT2D eigenvalue weighted by Crippen LogP contribution is -2.15. The van der Waals surface area contributed by atoms with Gasteiger partial charge in [-0.1, -0.05) is 19.1 Å². The molecule has 5 rings (SSSR count). The third-order valence-electron chi connectivity index (χ3n) is 6.59. The van der Waals surface area contributed by atoms with Gasteiger partial charge in [-0.05, 0) is 79.1 Å². The number of pyridine rings is 1. The van der Waals surface area contributed by atoms with E-state index in [9.17, 15) is 18.0 Å². The fraction of sp³-hybridized carbons (Fsp3) is 0.269. The molecule has 2 heterocycles. The van der Waals surface area contributed by atoms with Crippen LogP contribution in [0.2, 0.25) is 0 Å². The molecular weight excluding hydrogens is 455 g/mol. The molecule has 0 bridgehead atoms. The predicted molar refractivity (Wildman–Crippen MR) is 129 cm³/mol. The minimum Gasteiger partial charge on any atom is -0.382 e. The summed E-state index contributed by atoms with van der Waals surface area (Å²) in [5.74, 6) is 0.323. The first-order chi connectivity index (χ1) is 16.6. The van der Waals surface area contributed by atoms with Gasteiger partial charge in [-0.25, -0.2) is 4.98 Å². The Balaban J connectivity index is 1.54. The van der Waals surface area contributed by atoms with Crippen LogP contribution in [-0.2, 0) is 19.0 Å². The Labute approximate surface area is 199 Å². The molecule has 1 aliphatic carbocycles. The van der Waals surface area contributed by atoms with E-state index < -0.39 is 17.6 Å². The summed E-state index contributed by atoms with van der Waals surface area (Å²) in [5, 5.41) is 10.7. The number of benzene rings is 2. The SMILES string of the molecule is Cc1ccc(NC(=O)c2cccc(C(F)(F)F)c2)cc1-c1nc2[nH]nc(N)c2c2c1CCC(C)C2. The second-order valence-corrected chi connectivity index (χ2v) is 9.16. The van der Waals surface area contributed by atoms with Gasteiger partial charge in [-0.15, -0.1) is 0 Å². The highest BCUT2D eigenvalue weighted by Gasteiger charge is 2.31. The first-order valence-corrected chi connectivity index (χ1v) is 11.4. The van der Waals surface area contributed by atoms with Crippen LogP contribution in [0.25, 0.3) is 22.3 Å². The van der Waals surface area contributed by atoms with Gasteiger partial charge >= 0.3 is 6.18 Å². The molecule has 0 aliphatic heterocycles. The highest BCUT2D eigenvalue weighted by molar-refractivity contribution is 6.04. The lowest BCUT2D eigenvalue weighted by Gasteiger charge is -2.25. The summed E-state index contributed by atoms with van der Waals surface area (Å²) in [6, 6.07) is 9.77. The molecule has 6 nitrogen and oxygen atoms in total. The van der Waals surface area contributed by atoms with Gasteiger partial charge in [-0.3, -0.25) is 9.89 Å². The van der Waals surface area contributed by atoms with Crippen molar-refractivity contribution in [2.24, 2.45) is 5.92 Å². The summed E-state index contributed by atoms with van der Waals surface area (Å²) in [6.07, 6.45) is -1.78. The molecule has 0 spiro atoms. The summed E-state index contributed by atoms with van der Waals surface area (Å²) in [5.41, 5.74) is 11.1. The predicted octanol–water partition coefficient (Wildman–Crippen LogP) is 5.91. The second kappa shape index (κ2) is 8.41. The number of alkyl halides is 3. The molecule has 1 amide bonds. The summed E-state index contributed by atoms with van der Waals surface area (Å²) >= 11 is 0. The summed E-state index contributed by atoms with van der Waals surface area (Å²) in [4.78, 5) is 17.6. The number of aromatic amines is 1. The van der Waals surface area contributed by atoms with Crippen molar-refractivity contribution in [3.63, 3.8) is 0 Å². The van der Waals surface area contributed by atoms with E-state index in [2.05, 4.69) is 22.4 Å². The number of nitrogens with zero attached hydrogens (tertiary/aromatic N) is 2. The van der Waals surface area contributed by atoms with Crippen molar-refractivity contribution >= 4 is 28.4 Å². The molecule has 4 aromatic rings. The number of carbonyl (C=O) groups is 1. The monoisotopic (exact) mass is 479 g/mol. The van der Waals surface area contributed by atoms with Crippen LogP contribution < -0.4 is 11.1 Å². The number of carbonyl (C=O) groups excluding carboxylic acids is 1. The minimum atomic E-state index is -4.52. The van der Waals surface area contributed by atoms with Crippen LogP contribution in [-0.4, -0.2) is 21.1 Å². The van der Waals surface area contributed by atoms with E-state index in [4.69, 9.17) is 10.7 Å². The number of hydrogen-bond acceptors (Lipinski definition) is 4. The Bertz CT molecular complexity index is 1460. The molecule has 4 N–H and O–H groups in total. The minimum absolute atomic E-state index is 0.0687. The Morgan fingerprint density at radius 3 is 2.74 bits per heavy atom. The molecule has 35 heavy (non-hydrogen) atoms. The number of nitrogen functional groups attached to an aromatic ring is 1. The normalized spacial score (nSPS) is 15.7. The van der Waals surface area contributed by atoms with Gasteiger partial charge in [0.25, 0.3) is 5.91 Å². The molecule has 1 aliphatic rings. The first kappa shape index (κ1) is 22.9. The highest BCUT2D eigenvalue weighted by Crippen LogP contribution is 2.39. The quantitative estimate of drug-likeness (QED) is 0.340. The van der Waals surface area contributed by atoms with Crippen LogP contribution in [0.1, 0.15) is 46.0 Å². The van der Waals surface area contributed by atoms with Crippen molar-refractivity contribution in [2.45, 2.75) is 39.3 Å². The van der Waals surface area contributed by atoms with E-state index in [1.807, 2.05) is 19.1 Å². The lowest BCUT2D eigenvalue weighted by molar-refractivity contribution is -0.137. The molecule has 1 unspecified atom stereocenters. The van der Waals surface area contributed by atoms with Crippen molar-refractivity contribution in [3.05, 3.63) is 70.3 Å². The molecule has 9 heteroatoms. The Hall–Kier alpha value is -3.88. The third kappa shape index (κ3) is 4.22. The lowest BCUT2D eigenvalue weighted by atomic mass is 9.81. The fourth-order valence-electron chi connectivity index (χ4n) is 4.75. The van der Waals surface area contributed by atoms with Gasteiger partial charge in [-0.2, -0.15) is 18.3 Å². The Morgan fingerprint density at radius 1 is 1.17 bits per heavy atom. The van der Waals surface area contributed by atoms with E-state index in [0.717, 1.165) is 64.7 Å². The maximum Gasteiger partial charge on any atom is 0.416 e. The molecule has 0 saturated carbocycles. The number of fused-ring (bicyclic) bond motifs is 3. The van der Waals surface area contributed by atoms with Gasteiger partial charge in [0.2, 0.25) is 0 Å². The van der Waals surface area contributed by atoms with Crippen molar-refractivity contribution in [3.8, 4) is 11.3 Å². The van der Waals surface area contributed by atoms with Crippen molar-refractivity contribution in [2.75, 3.05) is 11.1 Å². The standard InChI is InChI=1S/C26H24F3N5O/c1-13-6-9-18-20(10-13)21-23(30)33-34-24(21)32-22(18)19-12-17(8-7-14(19)2)31-25(35)15-4-3-5-16(11-15)26(27,28)29/h3-5,7-8,11-13H,6,9-10H2,1-2H3,(H,31,35)(H3,30,32,33,34). The van der Waals surface area contributed by atoms with Crippen LogP contribution >= 0.6 is 0 Å². The van der Waals surface area contributed by atoms with Crippen molar-refractivity contribution in [1.82, 2.24) is 15.2 Å². The second-order valence-electron chi connectivity index (χ2n) is 9.16. The van der Waals surface area contributed by atoms with Crippen LogP contribution in [0.4, 0.5) is 24.7 Å². The van der Waals surface area contributed by atoms with Crippen molar-refractivity contribution in [1.29, 1.82) is 0 Å². The zero-order valence-electron chi connectivity index (χ0n) is 19.3. The first-order valence-electron chi connectivity index (χ1n) is 11.4. The van der Waals surface area contributed by atoms with Gasteiger partial charge in [0.15, 0.2) is 11.5 Å². The molecule has 2 aromatic heterocycles. The van der Waals surface area contributed by atoms with Gasteiger partial charge in [0.1, 0.15) is 0 Å². The summed E-state index contributed by atoms with van der Waals surface area (Å²) in [7, 11) is 0. The Morgan fingerprint density at radius 2 is 1.97 bits per heavy atom. The van der Waals surface area contributed by atoms with Crippen LogP contribution in [0.5, 0.6) is 0 Å². The number of nitrogens with one attached hydrogen (secondary N) is 2. The largest absolute Gasteiger partial charge is 0.416 e. The number of aryl methyl sites for hydroxylation is 1. The number of amides is 1. The molecule has 180 valence electrons. The Kier molecular flexibility index (Phi) is 5.50. The number of halogens is 3. The number of anilines is 2. The van der Waals surface area contributed by atoms with E-state index in [0.29, 0.717) is 23.1 Å². The maximum atomic E-state index is 13.1. The molecule has 2 aromatic carbocycles. The van der Waals surface area contributed by atoms with Crippen LogP contribution in [0.3, 0.4) is 0 Å². The number of rotatable bonds is 3. The highest BCUT2D eigenvalue weighted by atomic mass is 19.4. The average molecular weight is 480 g/mol. The topological polar surface area (TPSA) is 96.7 Å². The molecule has 0 radical (unpaired) electrons. The van der Waals surface area contributed by atoms with Gasteiger partial charge in [0, 0.05) is 16.8 Å². The number of H-pyrrole nitrogens is 1. The van der Waals surface area contributed by atoms with Crippen molar-refractivity contribution < 1.29 is 18.0 Å². The van der Waals surface area contributed by atoms with E-state index >= 15 is 0 Å².